The van der Waals surface area contributed by atoms with Gasteiger partial charge in [-0.25, -0.2) is 13.1 Å². The Morgan fingerprint density at radius 2 is 1.70 bits per heavy atom. The lowest BCUT2D eigenvalue weighted by Gasteiger charge is -2.20. The zero-order chi connectivity index (χ0) is 15.4. The molecule has 0 bridgehead atoms. The molecule has 0 aliphatic rings. The molecule has 1 aromatic rings. The Labute approximate surface area is 120 Å². The molecule has 3 N–H and O–H groups in total. The van der Waals surface area contributed by atoms with Crippen molar-refractivity contribution in [3.63, 3.8) is 0 Å². The van der Waals surface area contributed by atoms with Crippen LogP contribution in [-0.2, 0) is 14.8 Å². The third-order valence-electron chi connectivity index (χ3n) is 2.40. The maximum Gasteiger partial charge on any atom is 0.240 e. The van der Waals surface area contributed by atoms with E-state index in [1.807, 2.05) is 20.8 Å². The van der Waals surface area contributed by atoms with Crippen molar-refractivity contribution >= 4 is 21.6 Å². The lowest BCUT2D eigenvalue weighted by Crippen LogP contribution is -2.43. The van der Waals surface area contributed by atoms with Crippen LogP contribution in [0.4, 0.5) is 5.69 Å². The molecule has 0 fully saturated rings. The summed E-state index contributed by atoms with van der Waals surface area (Å²) in [6, 6.07) is 6.20. The first-order chi connectivity index (χ1) is 9.14. The molecule has 20 heavy (non-hydrogen) atoms. The van der Waals surface area contributed by atoms with Gasteiger partial charge in [-0.3, -0.25) is 4.79 Å². The number of rotatable bonds is 5. The fourth-order valence-corrected chi connectivity index (χ4v) is 2.24. The number of carbonyl (C=O) groups excluding carboxylic acids is 1. The van der Waals surface area contributed by atoms with Crippen LogP contribution >= 0.6 is 0 Å². The molecule has 0 saturated heterocycles. The van der Waals surface area contributed by atoms with Crippen molar-refractivity contribution in [1.82, 2.24) is 10.0 Å². The molecular formula is C13H21N3O3S. The number of amides is 1. The van der Waals surface area contributed by atoms with Crippen molar-refractivity contribution < 1.29 is 13.2 Å². The average Bonchev–Trinajstić information content (AvgIpc) is 2.35. The number of hydrogen-bond donors (Lipinski definition) is 3. The highest BCUT2D eigenvalue weighted by atomic mass is 32.2. The van der Waals surface area contributed by atoms with Gasteiger partial charge in [0.25, 0.3) is 0 Å². The second kappa shape index (κ2) is 6.23. The maximum atomic E-state index is 11.6. The SMILES string of the molecule is CNS(=O)(=O)c1ccc(NCC(=O)NC(C)(C)C)cc1. The summed E-state index contributed by atoms with van der Waals surface area (Å²) in [7, 11) is -2.07. The Balaban J connectivity index is 2.61. The summed E-state index contributed by atoms with van der Waals surface area (Å²) in [6.45, 7) is 5.85. The van der Waals surface area contributed by atoms with Gasteiger partial charge in [0, 0.05) is 11.2 Å². The van der Waals surface area contributed by atoms with E-state index >= 15 is 0 Å². The van der Waals surface area contributed by atoms with Crippen LogP contribution in [0, 0.1) is 0 Å². The van der Waals surface area contributed by atoms with E-state index in [0.29, 0.717) is 5.69 Å². The third kappa shape index (κ3) is 5.18. The van der Waals surface area contributed by atoms with Crippen molar-refractivity contribution in [3.8, 4) is 0 Å². The summed E-state index contributed by atoms with van der Waals surface area (Å²) in [4.78, 5) is 11.8. The van der Waals surface area contributed by atoms with Crippen LogP contribution in [0.3, 0.4) is 0 Å². The number of hydrogen-bond acceptors (Lipinski definition) is 4. The molecule has 7 heteroatoms. The Morgan fingerprint density at radius 3 is 2.15 bits per heavy atom. The Morgan fingerprint density at radius 1 is 1.15 bits per heavy atom. The first-order valence-electron chi connectivity index (χ1n) is 6.22. The Bertz CT molecular complexity index is 560. The fraction of sp³-hybridized carbons (Fsp3) is 0.462. The van der Waals surface area contributed by atoms with Crippen molar-refractivity contribution in [2.45, 2.75) is 31.2 Å². The second-order valence-electron chi connectivity index (χ2n) is 5.38. The number of anilines is 1. The van der Waals surface area contributed by atoms with Crippen LogP contribution in [0.25, 0.3) is 0 Å². The molecule has 0 aliphatic carbocycles. The lowest BCUT2D eigenvalue weighted by atomic mass is 10.1. The highest BCUT2D eigenvalue weighted by Gasteiger charge is 2.13. The highest BCUT2D eigenvalue weighted by molar-refractivity contribution is 7.89. The van der Waals surface area contributed by atoms with Crippen molar-refractivity contribution in [2.24, 2.45) is 0 Å². The zero-order valence-electron chi connectivity index (χ0n) is 12.1. The van der Waals surface area contributed by atoms with E-state index in [1.165, 1.54) is 19.2 Å². The molecular weight excluding hydrogens is 278 g/mol. The summed E-state index contributed by atoms with van der Waals surface area (Å²) in [5.41, 5.74) is 0.410. The molecule has 1 amide bonds. The van der Waals surface area contributed by atoms with Gasteiger partial charge >= 0.3 is 0 Å². The van der Waals surface area contributed by atoms with Gasteiger partial charge in [-0.15, -0.1) is 0 Å². The van der Waals surface area contributed by atoms with Gasteiger partial charge in [0.1, 0.15) is 0 Å². The minimum atomic E-state index is -3.43. The van der Waals surface area contributed by atoms with Gasteiger partial charge in [0.2, 0.25) is 15.9 Å². The molecule has 6 nitrogen and oxygen atoms in total. The monoisotopic (exact) mass is 299 g/mol. The molecule has 1 rings (SSSR count). The zero-order valence-corrected chi connectivity index (χ0v) is 13.0. The summed E-state index contributed by atoms with van der Waals surface area (Å²) < 4.78 is 25.3. The van der Waals surface area contributed by atoms with Crippen LogP contribution in [0.1, 0.15) is 20.8 Å². The maximum absolute atomic E-state index is 11.6. The molecule has 112 valence electrons. The molecule has 0 aromatic heterocycles. The third-order valence-corrected chi connectivity index (χ3v) is 3.83. The van der Waals surface area contributed by atoms with E-state index in [1.54, 1.807) is 12.1 Å². The molecule has 0 heterocycles. The quantitative estimate of drug-likeness (QED) is 0.754. The van der Waals surface area contributed by atoms with Crippen molar-refractivity contribution in [3.05, 3.63) is 24.3 Å². The average molecular weight is 299 g/mol. The van der Waals surface area contributed by atoms with Gasteiger partial charge in [0.05, 0.1) is 11.4 Å². The van der Waals surface area contributed by atoms with Gasteiger partial charge in [0.15, 0.2) is 0 Å². The lowest BCUT2D eigenvalue weighted by molar-refractivity contribution is -0.120. The smallest absolute Gasteiger partial charge is 0.240 e. The number of carbonyl (C=O) groups is 1. The van der Waals surface area contributed by atoms with E-state index in [4.69, 9.17) is 0 Å². The van der Waals surface area contributed by atoms with Crippen molar-refractivity contribution in [1.29, 1.82) is 0 Å². The minimum absolute atomic E-state index is 0.121. The molecule has 0 unspecified atom stereocenters. The predicted octanol–water partition coefficient (Wildman–Crippen LogP) is 0.921. The molecule has 0 saturated carbocycles. The molecule has 1 aromatic carbocycles. The normalized spacial score (nSPS) is 12.0. The largest absolute Gasteiger partial charge is 0.376 e. The fourth-order valence-electron chi connectivity index (χ4n) is 1.51. The summed E-state index contributed by atoms with van der Waals surface area (Å²) >= 11 is 0. The second-order valence-corrected chi connectivity index (χ2v) is 7.27. The van der Waals surface area contributed by atoms with Gasteiger partial charge in [-0.05, 0) is 52.1 Å². The minimum Gasteiger partial charge on any atom is -0.376 e. The van der Waals surface area contributed by atoms with E-state index in [2.05, 4.69) is 15.4 Å². The molecule has 0 aliphatic heterocycles. The Kier molecular flexibility index (Phi) is 5.13. The number of benzene rings is 1. The number of nitrogens with one attached hydrogen (secondary N) is 3. The molecule has 0 radical (unpaired) electrons. The topological polar surface area (TPSA) is 87.3 Å². The molecule has 0 atom stereocenters. The van der Waals surface area contributed by atoms with Crippen LogP contribution in [0.2, 0.25) is 0 Å². The van der Waals surface area contributed by atoms with E-state index in [0.717, 1.165) is 0 Å². The van der Waals surface area contributed by atoms with Crippen LogP contribution in [-0.4, -0.2) is 33.5 Å². The van der Waals surface area contributed by atoms with Crippen LogP contribution in [0.15, 0.2) is 29.2 Å². The van der Waals surface area contributed by atoms with Crippen LogP contribution in [0.5, 0.6) is 0 Å². The van der Waals surface area contributed by atoms with Gasteiger partial charge in [-0.1, -0.05) is 0 Å². The first-order valence-corrected chi connectivity index (χ1v) is 7.71. The van der Waals surface area contributed by atoms with Crippen molar-refractivity contribution in [2.75, 3.05) is 18.9 Å². The summed E-state index contributed by atoms with van der Waals surface area (Å²) in [5.74, 6) is -0.121. The highest BCUT2D eigenvalue weighted by Crippen LogP contribution is 2.13. The van der Waals surface area contributed by atoms with E-state index in [9.17, 15) is 13.2 Å². The van der Waals surface area contributed by atoms with E-state index in [-0.39, 0.29) is 22.9 Å². The molecule has 0 spiro atoms. The van der Waals surface area contributed by atoms with Crippen LogP contribution < -0.4 is 15.4 Å². The summed E-state index contributed by atoms with van der Waals surface area (Å²) in [6.07, 6.45) is 0. The first kappa shape index (κ1) is 16.5. The predicted molar refractivity (Wildman–Crippen MR) is 79.1 cm³/mol. The van der Waals surface area contributed by atoms with Gasteiger partial charge < -0.3 is 10.6 Å². The van der Waals surface area contributed by atoms with E-state index < -0.39 is 10.0 Å². The standard InChI is InChI=1S/C13H21N3O3S/c1-13(2,3)16-12(17)9-15-10-5-7-11(8-6-10)20(18,19)14-4/h5-8,14-15H,9H2,1-4H3,(H,16,17). The summed E-state index contributed by atoms with van der Waals surface area (Å²) in [5, 5.41) is 5.76. The number of sulfonamides is 1. The van der Waals surface area contributed by atoms with Gasteiger partial charge in [-0.2, -0.15) is 0 Å². The Hall–Kier alpha value is -1.60.